The smallest absolute Gasteiger partial charge is 0.407 e. The van der Waals surface area contributed by atoms with Gasteiger partial charge in [0.1, 0.15) is 11.6 Å². The van der Waals surface area contributed by atoms with Gasteiger partial charge in [-0.25, -0.2) is 9.18 Å². The summed E-state index contributed by atoms with van der Waals surface area (Å²) in [7, 11) is 0. The lowest BCUT2D eigenvalue weighted by Gasteiger charge is -2.37. The number of benzene rings is 1. The molecule has 1 aromatic rings. The summed E-state index contributed by atoms with van der Waals surface area (Å²) in [5.74, 6) is -2.27. The van der Waals surface area contributed by atoms with Crippen LogP contribution in [0.5, 0.6) is 0 Å². The van der Waals surface area contributed by atoms with Crippen molar-refractivity contribution in [1.82, 2.24) is 25.8 Å². The molecular formula is C29H41FN6O6. The van der Waals surface area contributed by atoms with Gasteiger partial charge in [-0.1, -0.05) is 6.07 Å². The number of hydrogen-bond donors (Lipinski definition) is 3. The molecule has 0 aliphatic carbocycles. The number of alkyl carbamates (subject to hydrolysis) is 1. The Hall–Kier alpha value is -3.74. The largest absolute Gasteiger partial charge is 0.444 e. The Morgan fingerprint density at radius 3 is 2.33 bits per heavy atom. The van der Waals surface area contributed by atoms with Crippen molar-refractivity contribution in [2.45, 2.75) is 70.6 Å². The van der Waals surface area contributed by atoms with Gasteiger partial charge in [-0.15, -0.1) is 0 Å². The van der Waals surface area contributed by atoms with Crippen LogP contribution in [0.2, 0.25) is 0 Å². The first-order chi connectivity index (χ1) is 19.9. The third-order valence-corrected chi connectivity index (χ3v) is 7.69. The molecule has 3 heterocycles. The Labute approximate surface area is 245 Å². The zero-order chi connectivity index (χ0) is 30.4. The Kier molecular flexibility index (Phi) is 10.0. The lowest BCUT2D eigenvalue weighted by molar-refractivity contribution is -0.135. The summed E-state index contributed by atoms with van der Waals surface area (Å²) in [5, 5.41) is 7.59. The summed E-state index contributed by atoms with van der Waals surface area (Å²) < 4.78 is 20.7. The van der Waals surface area contributed by atoms with Crippen LogP contribution < -0.4 is 20.9 Å². The van der Waals surface area contributed by atoms with Gasteiger partial charge < -0.3 is 25.2 Å². The van der Waals surface area contributed by atoms with Crippen molar-refractivity contribution < 1.29 is 33.1 Å². The van der Waals surface area contributed by atoms with Gasteiger partial charge in [0.05, 0.1) is 11.3 Å². The third-order valence-electron chi connectivity index (χ3n) is 7.69. The highest BCUT2D eigenvalue weighted by atomic mass is 19.1. The molecule has 0 aromatic heterocycles. The van der Waals surface area contributed by atoms with Crippen molar-refractivity contribution in [3.63, 3.8) is 0 Å². The monoisotopic (exact) mass is 588 g/mol. The first kappa shape index (κ1) is 31.2. The fourth-order valence-electron chi connectivity index (χ4n) is 5.38. The molecule has 1 unspecified atom stereocenters. The molecular weight excluding hydrogens is 547 g/mol. The number of imide groups is 1. The number of amides is 5. The molecule has 3 aliphatic heterocycles. The number of ether oxygens (including phenoxy) is 1. The van der Waals surface area contributed by atoms with Gasteiger partial charge in [0.25, 0.3) is 5.91 Å². The fourth-order valence-corrected chi connectivity index (χ4v) is 5.38. The molecule has 0 saturated carbocycles. The summed E-state index contributed by atoms with van der Waals surface area (Å²) in [6.07, 6.45) is 1.59. The number of likely N-dealkylation sites (tertiary alicyclic amines) is 1. The molecule has 3 saturated heterocycles. The highest BCUT2D eigenvalue weighted by molar-refractivity contribution is 6.04. The molecule has 3 aliphatic rings. The van der Waals surface area contributed by atoms with Gasteiger partial charge in [0, 0.05) is 64.7 Å². The minimum Gasteiger partial charge on any atom is -0.444 e. The number of nitrogens with zero attached hydrogens (tertiary/aromatic N) is 3. The average molecular weight is 589 g/mol. The quantitative estimate of drug-likeness (QED) is 0.406. The Bertz CT molecular complexity index is 1190. The predicted molar refractivity (Wildman–Crippen MR) is 152 cm³/mol. The first-order valence-corrected chi connectivity index (χ1v) is 14.6. The SMILES string of the molecule is CC(C)(C)OC(=O)NC1CCN(C(=O)CCN2CCN(c3cccc(C(=O)NC4CCC(=O)NC4=O)c3F)CC2)CC1. The Morgan fingerprint density at radius 2 is 1.69 bits per heavy atom. The molecule has 0 radical (unpaired) electrons. The van der Waals surface area contributed by atoms with Crippen LogP contribution in [-0.2, 0) is 19.1 Å². The molecule has 12 nitrogen and oxygen atoms in total. The number of piperazine rings is 1. The van der Waals surface area contributed by atoms with Crippen molar-refractivity contribution in [2.75, 3.05) is 50.7 Å². The maximum Gasteiger partial charge on any atom is 0.407 e. The molecule has 0 bridgehead atoms. The molecule has 42 heavy (non-hydrogen) atoms. The number of carbonyl (C=O) groups excluding carboxylic acids is 5. The molecule has 13 heteroatoms. The molecule has 4 rings (SSSR count). The van der Waals surface area contributed by atoms with Crippen LogP contribution in [0.25, 0.3) is 0 Å². The van der Waals surface area contributed by atoms with Crippen LogP contribution in [0.1, 0.15) is 63.2 Å². The van der Waals surface area contributed by atoms with E-state index in [4.69, 9.17) is 4.74 Å². The maximum absolute atomic E-state index is 15.4. The van der Waals surface area contributed by atoms with Gasteiger partial charge in [0.2, 0.25) is 17.7 Å². The van der Waals surface area contributed by atoms with E-state index in [1.807, 2.05) is 30.6 Å². The molecule has 5 amide bonds. The molecule has 1 atom stereocenters. The van der Waals surface area contributed by atoms with E-state index >= 15 is 4.39 Å². The number of rotatable bonds is 7. The summed E-state index contributed by atoms with van der Waals surface area (Å²) in [4.78, 5) is 66.8. The zero-order valence-corrected chi connectivity index (χ0v) is 24.5. The van der Waals surface area contributed by atoms with Crippen LogP contribution in [0, 0.1) is 5.82 Å². The van der Waals surface area contributed by atoms with Crippen molar-refractivity contribution in [3.8, 4) is 0 Å². The summed E-state index contributed by atoms with van der Waals surface area (Å²) in [5.41, 5.74) is -0.403. The number of carbonyl (C=O) groups is 5. The number of hydrogen-bond acceptors (Lipinski definition) is 8. The van der Waals surface area contributed by atoms with Gasteiger partial charge in [-0.2, -0.15) is 0 Å². The predicted octanol–water partition coefficient (Wildman–Crippen LogP) is 1.39. The third kappa shape index (κ3) is 8.40. The van der Waals surface area contributed by atoms with Gasteiger partial charge >= 0.3 is 6.09 Å². The van der Waals surface area contributed by atoms with Crippen molar-refractivity contribution >= 4 is 35.4 Å². The average Bonchev–Trinajstić information content (AvgIpc) is 2.93. The summed E-state index contributed by atoms with van der Waals surface area (Å²) in [6, 6.07) is 3.70. The van der Waals surface area contributed by atoms with Crippen LogP contribution >= 0.6 is 0 Å². The number of anilines is 1. The Balaban J connectivity index is 1.20. The van der Waals surface area contributed by atoms with Crippen LogP contribution in [-0.4, -0.2) is 103 Å². The van der Waals surface area contributed by atoms with E-state index < -0.39 is 41.3 Å². The van der Waals surface area contributed by atoms with Crippen molar-refractivity contribution in [1.29, 1.82) is 0 Å². The maximum atomic E-state index is 15.4. The minimum atomic E-state index is -0.884. The van der Waals surface area contributed by atoms with Gasteiger partial charge in [-0.05, 0) is 52.2 Å². The fraction of sp³-hybridized carbons (Fsp3) is 0.621. The highest BCUT2D eigenvalue weighted by Crippen LogP contribution is 2.24. The van der Waals surface area contributed by atoms with E-state index in [1.54, 1.807) is 12.1 Å². The van der Waals surface area contributed by atoms with Crippen molar-refractivity contribution in [3.05, 3.63) is 29.6 Å². The number of halogens is 1. The van der Waals surface area contributed by atoms with E-state index in [1.165, 1.54) is 6.07 Å². The number of nitrogens with one attached hydrogen (secondary N) is 3. The van der Waals surface area contributed by atoms with Crippen molar-refractivity contribution in [2.24, 2.45) is 0 Å². The normalized spacial score (nSPS) is 20.6. The van der Waals surface area contributed by atoms with E-state index in [2.05, 4.69) is 20.9 Å². The number of piperidine rings is 2. The minimum absolute atomic E-state index is 0.0145. The second-order valence-electron chi connectivity index (χ2n) is 12.0. The van der Waals surface area contributed by atoms with Crippen LogP contribution in [0.15, 0.2) is 18.2 Å². The Morgan fingerprint density at radius 1 is 1.00 bits per heavy atom. The molecule has 3 fully saturated rings. The molecule has 0 spiro atoms. The topological polar surface area (TPSA) is 140 Å². The first-order valence-electron chi connectivity index (χ1n) is 14.6. The highest BCUT2D eigenvalue weighted by Gasteiger charge is 2.30. The van der Waals surface area contributed by atoms with E-state index in [9.17, 15) is 24.0 Å². The standard InChI is InChI=1S/C29H41FN6O6/c1-29(2,3)42-28(41)31-19-9-13-36(14-10-19)24(38)11-12-34-15-17-35(18-16-34)22-6-4-5-20(25(22)30)26(39)32-21-7-8-23(37)33-27(21)40/h4-6,19,21H,7-18H2,1-3H3,(H,31,41)(H,32,39)(H,33,37,40). The van der Waals surface area contributed by atoms with Crippen LogP contribution in [0.3, 0.4) is 0 Å². The summed E-state index contributed by atoms with van der Waals surface area (Å²) in [6.45, 7) is 9.56. The second-order valence-corrected chi connectivity index (χ2v) is 12.0. The molecule has 230 valence electrons. The molecule has 3 N–H and O–H groups in total. The second kappa shape index (κ2) is 13.5. The van der Waals surface area contributed by atoms with Gasteiger partial charge in [0.15, 0.2) is 5.82 Å². The summed E-state index contributed by atoms with van der Waals surface area (Å²) >= 11 is 0. The van der Waals surface area contributed by atoms with E-state index in [0.717, 1.165) is 0 Å². The lowest BCUT2D eigenvalue weighted by Crippen LogP contribution is -2.52. The van der Waals surface area contributed by atoms with E-state index in [0.29, 0.717) is 70.8 Å². The molecule has 1 aromatic carbocycles. The van der Waals surface area contributed by atoms with Crippen LogP contribution in [0.4, 0.5) is 14.9 Å². The van der Waals surface area contributed by atoms with Gasteiger partial charge in [-0.3, -0.25) is 29.4 Å². The van der Waals surface area contributed by atoms with E-state index in [-0.39, 0.29) is 30.4 Å². The zero-order valence-electron chi connectivity index (χ0n) is 24.5. The lowest BCUT2D eigenvalue weighted by atomic mass is 10.0.